The van der Waals surface area contributed by atoms with E-state index in [0.717, 1.165) is 28.5 Å². The maximum atomic E-state index is 11.7. The normalized spacial score (nSPS) is 15.3. The topological polar surface area (TPSA) is 64.1 Å². The van der Waals surface area contributed by atoms with Crippen LogP contribution in [0.5, 0.6) is 5.75 Å². The predicted molar refractivity (Wildman–Crippen MR) is 73.4 cm³/mol. The Kier molecular flexibility index (Phi) is 2.93. The lowest BCUT2D eigenvalue weighted by atomic mass is 10.1. The van der Waals surface area contributed by atoms with Gasteiger partial charge in [-0.2, -0.15) is 0 Å². The number of nitrogens with one attached hydrogen (secondary N) is 1. The van der Waals surface area contributed by atoms with Gasteiger partial charge in [0.2, 0.25) is 0 Å². The molecule has 4 nitrogen and oxygen atoms in total. The van der Waals surface area contributed by atoms with Crippen molar-refractivity contribution in [3.05, 3.63) is 53.6 Å². The fourth-order valence-electron chi connectivity index (χ4n) is 2.15. The summed E-state index contributed by atoms with van der Waals surface area (Å²) in [6, 6.07) is 13.4. The SMILES string of the molecule is Cc1ccc([O-])c(CN=C2Nc3ccccc3[NH2+]2)c1. The average Bonchev–Trinajstić information content (AvgIpc) is 2.82. The molecular weight excluding hydrogens is 238 g/mol. The molecule has 2 aromatic carbocycles. The van der Waals surface area contributed by atoms with E-state index in [0.29, 0.717) is 6.54 Å². The van der Waals surface area contributed by atoms with Gasteiger partial charge in [-0.15, -0.1) is 5.75 Å². The first-order valence-corrected chi connectivity index (χ1v) is 6.24. The van der Waals surface area contributed by atoms with Crippen LogP contribution in [-0.2, 0) is 6.54 Å². The number of benzene rings is 2. The first-order valence-electron chi connectivity index (χ1n) is 6.24. The molecule has 19 heavy (non-hydrogen) atoms. The molecule has 3 N–H and O–H groups in total. The number of para-hydroxylation sites is 2. The number of guanidine groups is 1. The summed E-state index contributed by atoms with van der Waals surface area (Å²) in [5.74, 6) is 0.854. The van der Waals surface area contributed by atoms with Crippen molar-refractivity contribution in [2.45, 2.75) is 13.5 Å². The molecule has 0 atom stereocenters. The third-order valence-electron chi connectivity index (χ3n) is 3.15. The number of hydrogen-bond donors (Lipinski definition) is 2. The molecule has 0 bridgehead atoms. The molecule has 0 unspecified atom stereocenters. The zero-order chi connectivity index (χ0) is 13.2. The summed E-state index contributed by atoms with van der Waals surface area (Å²) in [6.07, 6.45) is 0. The van der Waals surface area contributed by atoms with E-state index in [1.807, 2.05) is 48.6 Å². The Bertz CT molecular complexity index is 623. The molecule has 1 aliphatic heterocycles. The van der Waals surface area contributed by atoms with Crippen molar-refractivity contribution >= 4 is 17.3 Å². The predicted octanol–water partition coefficient (Wildman–Crippen LogP) is 1.25. The highest BCUT2D eigenvalue weighted by Crippen LogP contribution is 2.20. The van der Waals surface area contributed by atoms with E-state index in [4.69, 9.17) is 0 Å². The van der Waals surface area contributed by atoms with Crippen LogP contribution in [0.4, 0.5) is 11.4 Å². The van der Waals surface area contributed by atoms with E-state index in [2.05, 4.69) is 10.3 Å². The van der Waals surface area contributed by atoms with E-state index in [-0.39, 0.29) is 5.75 Å². The first kappa shape index (κ1) is 11.7. The third kappa shape index (κ3) is 2.44. The lowest BCUT2D eigenvalue weighted by Crippen LogP contribution is -2.81. The van der Waals surface area contributed by atoms with Gasteiger partial charge in [0.05, 0.1) is 6.54 Å². The average molecular weight is 253 g/mol. The van der Waals surface area contributed by atoms with Crippen molar-refractivity contribution in [3.8, 4) is 5.75 Å². The molecule has 0 saturated heterocycles. The quantitative estimate of drug-likeness (QED) is 0.791. The number of rotatable bonds is 2. The van der Waals surface area contributed by atoms with Gasteiger partial charge < -0.3 is 5.11 Å². The Morgan fingerprint density at radius 3 is 2.89 bits per heavy atom. The number of quaternary nitrogens is 1. The lowest BCUT2D eigenvalue weighted by Gasteiger charge is -2.11. The van der Waals surface area contributed by atoms with Gasteiger partial charge in [0.1, 0.15) is 5.69 Å². The molecule has 0 aliphatic carbocycles. The number of aryl methyl sites for hydroxylation is 1. The number of aliphatic imine (C=N–C) groups is 1. The molecule has 96 valence electrons. The van der Waals surface area contributed by atoms with E-state index in [1.165, 1.54) is 0 Å². The van der Waals surface area contributed by atoms with Gasteiger partial charge in [0.15, 0.2) is 5.69 Å². The highest BCUT2D eigenvalue weighted by Gasteiger charge is 2.19. The molecule has 1 heterocycles. The van der Waals surface area contributed by atoms with Gasteiger partial charge >= 0.3 is 5.96 Å². The molecule has 2 aromatic rings. The molecule has 3 rings (SSSR count). The fraction of sp³-hybridized carbons (Fsp3) is 0.133. The summed E-state index contributed by atoms with van der Waals surface area (Å²) in [6.45, 7) is 2.39. The van der Waals surface area contributed by atoms with Crippen LogP contribution < -0.4 is 15.7 Å². The van der Waals surface area contributed by atoms with Crippen LogP contribution in [-0.4, -0.2) is 5.96 Å². The van der Waals surface area contributed by atoms with Crippen LogP contribution in [0.25, 0.3) is 0 Å². The van der Waals surface area contributed by atoms with E-state index < -0.39 is 0 Å². The van der Waals surface area contributed by atoms with Crippen LogP contribution in [0, 0.1) is 6.92 Å². The zero-order valence-corrected chi connectivity index (χ0v) is 10.7. The number of nitrogens with two attached hydrogens (primary N) is 1. The minimum Gasteiger partial charge on any atom is -0.872 e. The Balaban J connectivity index is 1.77. The fourth-order valence-corrected chi connectivity index (χ4v) is 2.15. The number of hydrogen-bond acceptors (Lipinski definition) is 2. The molecular formula is C15H15N3O. The first-order chi connectivity index (χ1) is 9.22. The largest absolute Gasteiger partial charge is 0.872 e. The van der Waals surface area contributed by atoms with Crippen molar-refractivity contribution in [2.75, 3.05) is 5.32 Å². The summed E-state index contributed by atoms with van der Waals surface area (Å²) < 4.78 is 0. The van der Waals surface area contributed by atoms with Crippen LogP contribution >= 0.6 is 0 Å². The summed E-state index contributed by atoms with van der Waals surface area (Å²) in [5, 5.41) is 16.9. The van der Waals surface area contributed by atoms with Crippen molar-refractivity contribution in [3.63, 3.8) is 0 Å². The van der Waals surface area contributed by atoms with Gasteiger partial charge in [0, 0.05) is 6.07 Å². The van der Waals surface area contributed by atoms with Gasteiger partial charge in [-0.3, -0.25) is 5.32 Å². The lowest BCUT2D eigenvalue weighted by molar-refractivity contribution is -0.437. The third-order valence-corrected chi connectivity index (χ3v) is 3.15. The van der Waals surface area contributed by atoms with E-state index in [1.54, 1.807) is 6.07 Å². The second kappa shape index (κ2) is 4.74. The smallest absolute Gasteiger partial charge is 0.304 e. The van der Waals surface area contributed by atoms with E-state index >= 15 is 0 Å². The van der Waals surface area contributed by atoms with Crippen molar-refractivity contribution in [1.82, 2.24) is 0 Å². The van der Waals surface area contributed by atoms with Gasteiger partial charge in [-0.05, 0) is 18.6 Å². The molecule has 0 radical (unpaired) electrons. The number of nitrogens with zero attached hydrogens (tertiary/aromatic N) is 1. The van der Waals surface area contributed by atoms with Crippen LogP contribution in [0.3, 0.4) is 0 Å². The highest BCUT2D eigenvalue weighted by molar-refractivity contribution is 5.95. The van der Waals surface area contributed by atoms with Crippen molar-refractivity contribution in [2.24, 2.45) is 4.99 Å². The Labute approximate surface area is 111 Å². The van der Waals surface area contributed by atoms with Crippen LogP contribution in [0.1, 0.15) is 11.1 Å². The second-order valence-electron chi connectivity index (χ2n) is 4.67. The molecule has 0 aromatic heterocycles. The standard InChI is InChI=1S/C15H15N3O/c1-10-6-7-14(19)11(8-10)9-16-15-17-12-4-2-3-5-13(12)18-15/h2-8,19H,9H2,1H3,(H2,16,17,18). The van der Waals surface area contributed by atoms with Gasteiger partial charge in [-0.25, -0.2) is 10.3 Å². The zero-order valence-electron chi connectivity index (χ0n) is 10.7. The summed E-state index contributed by atoms with van der Waals surface area (Å²) >= 11 is 0. The molecule has 0 fully saturated rings. The second-order valence-corrected chi connectivity index (χ2v) is 4.67. The summed E-state index contributed by atoms with van der Waals surface area (Å²) in [4.78, 5) is 4.46. The molecule has 1 aliphatic rings. The van der Waals surface area contributed by atoms with Crippen LogP contribution in [0.15, 0.2) is 47.5 Å². The highest BCUT2D eigenvalue weighted by atomic mass is 16.3. The number of fused-ring (bicyclic) bond motifs is 1. The minimum atomic E-state index is 0.0467. The molecule has 0 saturated carbocycles. The maximum Gasteiger partial charge on any atom is 0.304 e. The van der Waals surface area contributed by atoms with Crippen LogP contribution in [0.2, 0.25) is 0 Å². The Morgan fingerprint density at radius 1 is 1.21 bits per heavy atom. The Hall–Kier alpha value is -2.33. The monoisotopic (exact) mass is 253 g/mol. The maximum absolute atomic E-state index is 11.7. The van der Waals surface area contributed by atoms with E-state index in [9.17, 15) is 5.11 Å². The molecule has 4 heteroatoms. The molecule has 0 spiro atoms. The summed E-state index contributed by atoms with van der Waals surface area (Å²) in [7, 11) is 0. The molecule has 0 amide bonds. The van der Waals surface area contributed by atoms with Crippen molar-refractivity contribution in [1.29, 1.82) is 0 Å². The minimum absolute atomic E-state index is 0.0467. The van der Waals surface area contributed by atoms with Crippen molar-refractivity contribution < 1.29 is 10.4 Å². The summed E-state index contributed by atoms with van der Waals surface area (Å²) in [5.41, 5.74) is 4.01. The van der Waals surface area contributed by atoms with Gasteiger partial charge in [0.25, 0.3) is 0 Å². The Morgan fingerprint density at radius 2 is 2.05 bits per heavy atom. The number of anilines is 1. The van der Waals surface area contributed by atoms with Gasteiger partial charge in [-0.1, -0.05) is 35.9 Å².